The minimum absolute atomic E-state index is 0.201. The molecule has 1 aliphatic rings. The number of aryl methyl sites for hydroxylation is 2. The second kappa shape index (κ2) is 7.07. The lowest BCUT2D eigenvalue weighted by molar-refractivity contribution is -0.0604. The molecule has 1 aliphatic heterocycles. The van der Waals surface area contributed by atoms with Crippen LogP contribution in [0.4, 0.5) is 0 Å². The van der Waals surface area contributed by atoms with Crippen molar-refractivity contribution in [3.63, 3.8) is 0 Å². The van der Waals surface area contributed by atoms with E-state index in [0.29, 0.717) is 6.04 Å². The smallest absolute Gasteiger partial charge is 0.105 e. The van der Waals surface area contributed by atoms with Crippen LogP contribution in [0.1, 0.15) is 30.8 Å². The summed E-state index contributed by atoms with van der Waals surface area (Å²) in [6.45, 7) is 8.24. The highest BCUT2D eigenvalue weighted by atomic mass is 16.5. The summed E-state index contributed by atoms with van der Waals surface area (Å²) in [5.74, 6) is 1.09. The molecule has 2 aromatic rings. The monoisotopic (exact) mass is 299 g/mol. The van der Waals surface area contributed by atoms with Gasteiger partial charge in [0.2, 0.25) is 0 Å². The topological polar surface area (TPSA) is 30.3 Å². The van der Waals surface area contributed by atoms with Crippen LogP contribution in [0.3, 0.4) is 0 Å². The Kier molecular flexibility index (Phi) is 4.90. The molecule has 1 aromatic carbocycles. The second-order valence-electron chi connectivity index (χ2n) is 6.10. The third kappa shape index (κ3) is 3.57. The van der Waals surface area contributed by atoms with E-state index in [9.17, 15) is 0 Å². The molecular weight excluding hydrogens is 274 g/mol. The van der Waals surface area contributed by atoms with Crippen molar-refractivity contribution in [3.05, 3.63) is 54.1 Å². The Morgan fingerprint density at radius 3 is 2.77 bits per heavy atom. The molecule has 0 aliphatic carbocycles. The van der Waals surface area contributed by atoms with E-state index in [2.05, 4.69) is 64.8 Å². The van der Waals surface area contributed by atoms with Crippen LogP contribution in [-0.4, -0.2) is 40.2 Å². The molecule has 0 spiro atoms. The van der Waals surface area contributed by atoms with Crippen LogP contribution in [0.5, 0.6) is 0 Å². The van der Waals surface area contributed by atoms with Crippen molar-refractivity contribution in [2.45, 2.75) is 39.0 Å². The van der Waals surface area contributed by atoms with E-state index in [1.165, 1.54) is 5.56 Å². The molecule has 4 nitrogen and oxygen atoms in total. The Morgan fingerprint density at radius 1 is 1.23 bits per heavy atom. The van der Waals surface area contributed by atoms with Gasteiger partial charge in [0.15, 0.2) is 0 Å². The maximum absolute atomic E-state index is 6.02. The van der Waals surface area contributed by atoms with Crippen molar-refractivity contribution < 1.29 is 4.74 Å². The Balaban J connectivity index is 1.54. The standard InChI is InChI=1S/C18H25N3O/c1-15-14-22-18(17-7-4-3-5-8-17)13-21(15)11-6-10-20-12-9-19-16(20)2/h3-5,7-9,12,15,18H,6,10-11,13-14H2,1-2H3/t15-,18-/m0/s1. The summed E-state index contributed by atoms with van der Waals surface area (Å²) in [7, 11) is 0. The maximum Gasteiger partial charge on any atom is 0.105 e. The summed E-state index contributed by atoms with van der Waals surface area (Å²) < 4.78 is 8.24. The lowest BCUT2D eigenvalue weighted by atomic mass is 10.1. The Bertz CT molecular complexity index is 581. The fourth-order valence-corrected chi connectivity index (χ4v) is 3.07. The summed E-state index contributed by atoms with van der Waals surface area (Å²) in [5, 5.41) is 0. The molecule has 1 aromatic heterocycles. The number of aromatic nitrogens is 2. The first-order valence-corrected chi connectivity index (χ1v) is 8.12. The summed E-state index contributed by atoms with van der Waals surface area (Å²) in [6.07, 6.45) is 5.28. The predicted octanol–water partition coefficient (Wildman–Crippen LogP) is 3.04. The molecule has 22 heavy (non-hydrogen) atoms. The summed E-state index contributed by atoms with van der Waals surface area (Å²) in [5.41, 5.74) is 1.28. The molecule has 0 saturated carbocycles. The van der Waals surface area contributed by atoms with Crippen LogP contribution in [-0.2, 0) is 11.3 Å². The summed E-state index contributed by atoms with van der Waals surface area (Å²) >= 11 is 0. The molecule has 1 fully saturated rings. The van der Waals surface area contributed by atoms with Gasteiger partial charge in [-0.1, -0.05) is 30.3 Å². The van der Waals surface area contributed by atoms with Crippen LogP contribution in [0.15, 0.2) is 42.7 Å². The van der Waals surface area contributed by atoms with Crippen LogP contribution in [0, 0.1) is 6.92 Å². The van der Waals surface area contributed by atoms with E-state index in [0.717, 1.165) is 38.5 Å². The zero-order chi connectivity index (χ0) is 15.4. The molecule has 4 heteroatoms. The molecule has 118 valence electrons. The minimum Gasteiger partial charge on any atom is -0.371 e. The number of nitrogens with zero attached hydrogens (tertiary/aromatic N) is 3. The highest BCUT2D eigenvalue weighted by molar-refractivity contribution is 5.18. The fraction of sp³-hybridized carbons (Fsp3) is 0.500. The first kappa shape index (κ1) is 15.3. The summed E-state index contributed by atoms with van der Waals surface area (Å²) in [4.78, 5) is 6.83. The van der Waals surface area contributed by atoms with Crippen molar-refractivity contribution in [1.29, 1.82) is 0 Å². The van der Waals surface area contributed by atoms with Gasteiger partial charge in [-0.3, -0.25) is 4.90 Å². The van der Waals surface area contributed by atoms with E-state index in [1.54, 1.807) is 0 Å². The molecular formula is C18H25N3O. The maximum atomic E-state index is 6.02. The van der Waals surface area contributed by atoms with Gasteiger partial charge in [-0.05, 0) is 25.8 Å². The average molecular weight is 299 g/mol. The van der Waals surface area contributed by atoms with Crippen molar-refractivity contribution >= 4 is 0 Å². The molecule has 1 saturated heterocycles. The number of hydrogen-bond donors (Lipinski definition) is 0. The molecule has 0 bridgehead atoms. The zero-order valence-corrected chi connectivity index (χ0v) is 13.5. The summed E-state index contributed by atoms with van der Waals surface area (Å²) in [6, 6.07) is 11.0. The first-order valence-electron chi connectivity index (χ1n) is 8.12. The third-order valence-corrected chi connectivity index (χ3v) is 4.50. The Labute approximate surface area is 132 Å². The highest BCUT2D eigenvalue weighted by Gasteiger charge is 2.26. The third-order valence-electron chi connectivity index (χ3n) is 4.50. The lowest BCUT2D eigenvalue weighted by Crippen LogP contribution is -2.45. The first-order chi connectivity index (χ1) is 10.7. The van der Waals surface area contributed by atoms with E-state index in [1.807, 2.05) is 6.20 Å². The lowest BCUT2D eigenvalue weighted by Gasteiger charge is -2.38. The van der Waals surface area contributed by atoms with Crippen LogP contribution >= 0.6 is 0 Å². The van der Waals surface area contributed by atoms with Gasteiger partial charge in [-0.2, -0.15) is 0 Å². The minimum atomic E-state index is 0.201. The van der Waals surface area contributed by atoms with Gasteiger partial charge in [0.25, 0.3) is 0 Å². The van der Waals surface area contributed by atoms with Crippen LogP contribution in [0.25, 0.3) is 0 Å². The predicted molar refractivity (Wildman–Crippen MR) is 87.8 cm³/mol. The second-order valence-corrected chi connectivity index (χ2v) is 6.10. The van der Waals surface area contributed by atoms with Crippen molar-refractivity contribution in [3.8, 4) is 0 Å². The van der Waals surface area contributed by atoms with E-state index >= 15 is 0 Å². The van der Waals surface area contributed by atoms with Crippen molar-refractivity contribution in [1.82, 2.24) is 14.5 Å². The average Bonchev–Trinajstić information content (AvgIpc) is 2.95. The molecule has 0 N–H and O–H groups in total. The quantitative estimate of drug-likeness (QED) is 0.850. The van der Waals surface area contributed by atoms with Gasteiger partial charge in [0.05, 0.1) is 12.7 Å². The molecule has 0 unspecified atom stereocenters. The highest BCUT2D eigenvalue weighted by Crippen LogP contribution is 2.24. The van der Waals surface area contributed by atoms with Crippen molar-refractivity contribution in [2.24, 2.45) is 0 Å². The van der Waals surface area contributed by atoms with Crippen LogP contribution < -0.4 is 0 Å². The van der Waals surface area contributed by atoms with E-state index in [4.69, 9.17) is 4.74 Å². The zero-order valence-electron chi connectivity index (χ0n) is 13.5. The fourth-order valence-electron chi connectivity index (χ4n) is 3.07. The number of hydrogen-bond acceptors (Lipinski definition) is 3. The Hall–Kier alpha value is -1.65. The number of ether oxygens (including phenoxy) is 1. The molecule has 0 radical (unpaired) electrons. The largest absolute Gasteiger partial charge is 0.371 e. The molecule has 2 atom stereocenters. The van der Waals surface area contributed by atoms with Gasteiger partial charge in [0.1, 0.15) is 5.82 Å². The molecule has 2 heterocycles. The molecule has 0 amide bonds. The van der Waals surface area contributed by atoms with E-state index in [-0.39, 0.29) is 6.10 Å². The van der Waals surface area contributed by atoms with Gasteiger partial charge in [-0.15, -0.1) is 0 Å². The van der Waals surface area contributed by atoms with Gasteiger partial charge >= 0.3 is 0 Å². The Morgan fingerprint density at radius 2 is 2.05 bits per heavy atom. The molecule has 3 rings (SSSR count). The number of rotatable bonds is 5. The van der Waals surface area contributed by atoms with E-state index < -0.39 is 0 Å². The van der Waals surface area contributed by atoms with Gasteiger partial charge in [-0.25, -0.2) is 4.98 Å². The van der Waals surface area contributed by atoms with Gasteiger partial charge < -0.3 is 9.30 Å². The SMILES string of the molecule is Cc1nccn1CCCN1C[C@@H](c2ccccc2)OC[C@@H]1C. The van der Waals surface area contributed by atoms with Gasteiger partial charge in [0, 0.05) is 38.1 Å². The van der Waals surface area contributed by atoms with Crippen molar-refractivity contribution in [2.75, 3.05) is 19.7 Å². The number of benzene rings is 1. The number of morpholine rings is 1. The number of imidazole rings is 1. The normalized spacial score (nSPS) is 22.8. The van der Waals surface area contributed by atoms with Crippen LogP contribution in [0.2, 0.25) is 0 Å².